The smallest absolute Gasteiger partial charge is 0.250 e. The molecule has 1 heterocycles. The summed E-state index contributed by atoms with van der Waals surface area (Å²) in [7, 11) is 1.48. The summed E-state index contributed by atoms with van der Waals surface area (Å²) in [4.78, 5) is 11.1. The molecule has 1 amide bonds. The lowest BCUT2D eigenvalue weighted by Crippen LogP contribution is -2.16. The largest absolute Gasteiger partial charge is 0.375 e. The summed E-state index contributed by atoms with van der Waals surface area (Å²) >= 11 is 0. The van der Waals surface area contributed by atoms with Gasteiger partial charge in [0.1, 0.15) is 6.61 Å². The van der Waals surface area contributed by atoms with Crippen LogP contribution in [0.2, 0.25) is 0 Å². The van der Waals surface area contributed by atoms with Crippen LogP contribution in [-0.2, 0) is 9.53 Å². The average molecular weight is 197 g/mol. The number of nitrogens with one attached hydrogen (secondary N) is 1. The van der Waals surface area contributed by atoms with Gasteiger partial charge < -0.3 is 10.1 Å². The molecule has 5 heteroatoms. The third-order valence-corrected chi connectivity index (χ3v) is 1.69. The van der Waals surface area contributed by atoms with Gasteiger partial charge in [0, 0.05) is 19.3 Å². The highest BCUT2D eigenvalue weighted by molar-refractivity contribution is 5.91. The molecule has 0 aliphatic carbocycles. The van der Waals surface area contributed by atoms with Gasteiger partial charge in [-0.05, 0) is 13.8 Å². The predicted octanol–water partition coefficient (Wildman–Crippen LogP) is 1.05. The summed E-state index contributed by atoms with van der Waals surface area (Å²) in [5.74, 6) is -0.171. The fraction of sp³-hybridized carbons (Fsp3) is 0.556. The number of anilines is 1. The zero-order chi connectivity index (χ0) is 10.6. The molecule has 5 nitrogen and oxygen atoms in total. The van der Waals surface area contributed by atoms with Crippen molar-refractivity contribution in [1.29, 1.82) is 0 Å². The molecular formula is C9H15N3O2. The maximum Gasteiger partial charge on any atom is 0.250 e. The summed E-state index contributed by atoms with van der Waals surface area (Å²) in [5.41, 5.74) is 0.695. The van der Waals surface area contributed by atoms with Crippen molar-refractivity contribution >= 4 is 11.6 Å². The Kier molecular flexibility index (Phi) is 3.64. The summed E-state index contributed by atoms with van der Waals surface area (Å²) < 4.78 is 6.47. The normalized spacial score (nSPS) is 10.6. The van der Waals surface area contributed by atoms with Gasteiger partial charge in [0.05, 0.1) is 11.9 Å². The summed E-state index contributed by atoms with van der Waals surface area (Å²) in [5, 5.41) is 6.76. The van der Waals surface area contributed by atoms with Crippen LogP contribution < -0.4 is 5.32 Å². The van der Waals surface area contributed by atoms with Crippen molar-refractivity contribution in [2.75, 3.05) is 19.0 Å². The van der Waals surface area contributed by atoms with E-state index >= 15 is 0 Å². The number of nitrogens with zero attached hydrogens (tertiary/aromatic N) is 2. The third kappa shape index (κ3) is 2.85. The molecule has 0 spiro atoms. The fourth-order valence-electron chi connectivity index (χ4n) is 1.01. The van der Waals surface area contributed by atoms with E-state index in [1.54, 1.807) is 17.1 Å². The SMILES string of the molecule is COCC(=O)Nc1cnn(C(C)C)c1. The van der Waals surface area contributed by atoms with Crippen molar-refractivity contribution < 1.29 is 9.53 Å². The van der Waals surface area contributed by atoms with Crippen LogP contribution in [-0.4, -0.2) is 29.4 Å². The monoisotopic (exact) mass is 197 g/mol. The fourth-order valence-corrected chi connectivity index (χ4v) is 1.01. The number of methoxy groups -OCH3 is 1. The molecule has 0 saturated carbocycles. The third-order valence-electron chi connectivity index (χ3n) is 1.69. The molecule has 1 N–H and O–H groups in total. The predicted molar refractivity (Wildman–Crippen MR) is 53.1 cm³/mol. The van der Waals surface area contributed by atoms with Crippen molar-refractivity contribution in [3.05, 3.63) is 12.4 Å². The number of hydrogen-bond acceptors (Lipinski definition) is 3. The molecule has 0 saturated heterocycles. The average Bonchev–Trinajstić information content (AvgIpc) is 2.53. The van der Waals surface area contributed by atoms with Crippen LogP contribution in [0.4, 0.5) is 5.69 Å². The van der Waals surface area contributed by atoms with Crippen LogP contribution in [0.5, 0.6) is 0 Å². The van der Waals surface area contributed by atoms with Crippen LogP contribution in [0.25, 0.3) is 0 Å². The first-order valence-corrected chi connectivity index (χ1v) is 4.46. The van der Waals surface area contributed by atoms with Crippen LogP contribution >= 0.6 is 0 Å². The maximum atomic E-state index is 11.1. The molecule has 0 radical (unpaired) electrons. The number of hydrogen-bond donors (Lipinski definition) is 1. The Morgan fingerprint density at radius 2 is 2.43 bits per heavy atom. The number of aromatic nitrogens is 2. The van der Waals surface area contributed by atoms with Crippen molar-refractivity contribution in [1.82, 2.24) is 9.78 Å². The lowest BCUT2D eigenvalue weighted by atomic mass is 10.4. The molecule has 0 fully saturated rings. The molecule has 1 aromatic rings. The van der Waals surface area contributed by atoms with Crippen LogP contribution in [0.3, 0.4) is 0 Å². The molecule has 0 aromatic carbocycles. The van der Waals surface area contributed by atoms with Crippen LogP contribution in [0.15, 0.2) is 12.4 Å². The first-order valence-electron chi connectivity index (χ1n) is 4.46. The van der Waals surface area contributed by atoms with E-state index in [0.717, 1.165) is 0 Å². The highest BCUT2D eigenvalue weighted by Crippen LogP contribution is 2.09. The quantitative estimate of drug-likeness (QED) is 0.784. The van der Waals surface area contributed by atoms with E-state index in [9.17, 15) is 4.79 Å². The van der Waals surface area contributed by atoms with Crippen molar-refractivity contribution in [3.8, 4) is 0 Å². The van der Waals surface area contributed by atoms with Gasteiger partial charge in [-0.1, -0.05) is 0 Å². The van der Waals surface area contributed by atoms with E-state index < -0.39 is 0 Å². The topological polar surface area (TPSA) is 56.1 Å². The van der Waals surface area contributed by atoms with E-state index in [4.69, 9.17) is 4.74 Å². The molecular weight excluding hydrogens is 182 g/mol. The van der Waals surface area contributed by atoms with E-state index in [0.29, 0.717) is 11.7 Å². The second-order valence-corrected chi connectivity index (χ2v) is 3.28. The van der Waals surface area contributed by atoms with E-state index in [-0.39, 0.29) is 12.5 Å². The first kappa shape index (κ1) is 10.7. The zero-order valence-corrected chi connectivity index (χ0v) is 8.65. The summed E-state index contributed by atoms with van der Waals surface area (Å²) in [6, 6.07) is 0.295. The minimum Gasteiger partial charge on any atom is -0.375 e. The Morgan fingerprint density at radius 3 is 2.93 bits per heavy atom. The Labute approximate surface area is 83.1 Å². The lowest BCUT2D eigenvalue weighted by molar-refractivity contribution is -0.119. The molecule has 0 aliphatic rings. The molecule has 0 aliphatic heterocycles. The van der Waals surface area contributed by atoms with Crippen LogP contribution in [0.1, 0.15) is 19.9 Å². The summed E-state index contributed by atoms with van der Waals surface area (Å²) in [6.07, 6.45) is 3.41. The van der Waals surface area contributed by atoms with Crippen LogP contribution in [0, 0.1) is 0 Å². The van der Waals surface area contributed by atoms with Gasteiger partial charge in [0.25, 0.3) is 0 Å². The Morgan fingerprint density at radius 1 is 1.71 bits per heavy atom. The van der Waals surface area contributed by atoms with E-state index in [1.165, 1.54) is 7.11 Å². The maximum absolute atomic E-state index is 11.1. The van der Waals surface area contributed by atoms with Gasteiger partial charge in [-0.3, -0.25) is 9.48 Å². The standard InChI is InChI=1S/C9H15N3O2/c1-7(2)12-5-8(4-10-12)11-9(13)6-14-3/h4-5,7H,6H2,1-3H3,(H,11,13). The number of carbonyl (C=O) groups is 1. The van der Waals surface area contributed by atoms with Crippen molar-refractivity contribution in [3.63, 3.8) is 0 Å². The Bertz CT molecular complexity index is 307. The highest BCUT2D eigenvalue weighted by Gasteiger charge is 2.04. The van der Waals surface area contributed by atoms with Crippen molar-refractivity contribution in [2.45, 2.75) is 19.9 Å². The molecule has 14 heavy (non-hydrogen) atoms. The molecule has 1 rings (SSSR count). The van der Waals surface area contributed by atoms with E-state index in [2.05, 4.69) is 10.4 Å². The second kappa shape index (κ2) is 4.76. The van der Waals surface area contributed by atoms with Gasteiger partial charge in [-0.15, -0.1) is 0 Å². The second-order valence-electron chi connectivity index (χ2n) is 3.28. The number of carbonyl (C=O) groups excluding carboxylic acids is 1. The zero-order valence-electron chi connectivity index (χ0n) is 8.65. The molecule has 0 atom stereocenters. The van der Waals surface area contributed by atoms with Gasteiger partial charge in [-0.2, -0.15) is 5.10 Å². The van der Waals surface area contributed by atoms with Crippen molar-refractivity contribution in [2.24, 2.45) is 0 Å². The molecule has 0 bridgehead atoms. The minimum atomic E-state index is -0.171. The number of amides is 1. The highest BCUT2D eigenvalue weighted by atomic mass is 16.5. The Balaban J connectivity index is 2.55. The molecule has 78 valence electrons. The first-order chi connectivity index (χ1) is 6.63. The molecule has 0 unspecified atom stereocenters. The number of ether oxygens (including phenoxy) is 1. The van der Waals surface area contributed by atoms with Gasteiger partial charge in [0.15, 0.2) is 0 Å². The molecule has 1 aromatic heterocycles. The van der Waals surface area contributed by atoms with Gasteiger partial charge in [0.2, 0.25) is 5.91 Å². The summed E-state index contributed by atoms with van der Waals surface area (Å²) in [6.45, 7) is 4.11. The van der Waals surface area contributed by atoms with E-state index in [1.807, 2.05) is 13.8 Å². The lowest BCUT2D eigenvalue weighted by Gasteiger charge is -2.03. The number of rotatable bonds is 4. The van der Waals surface area contributed by atoms with Gasteiger partial charge >= 0.3 is 0 Å². The van der Waals surface area contributed by atoms with Gasteiger partial charge in [-0.25, -0.2) is 0 Å². The minimum absolute atomic E-state index is 0.0624. The Hall–Kier alpha value is -1.36.